The summed E-state index contributed by atoms with van der Waals surface area (Å²) in [5, 5.41) is 0. The van der Waals surface area contributed by atoms with E-state index in [2.05, 4.69) is 81.5 Å². The fourth-order valence-corrected chi connectivity index (χ4v) is 9.54. The molecule has 0 aliphatic rings. The number of carbonyl (C=O) groups excluding carboxylic acids is 3. The average Bonchev–Trinajstić information content (AvgIpc) is 3.41. The molecular formula is C69H124O6. The summed E-state index contributed by atoms with van der Waals surface area (Å²) in [5.41, 5.74) is 0. The Morgan fingerprint density at radius 3 is 0.800 bits per heavy atom. The summed E-state index contributed by atoms with van der Waals surface area (Å²) < 4.78 is 16.9. The molecule has 6 nitrogen and oxygen atoms in total. The summed E-state index contributed by atoms with van der Waals surface area (Å²) in [6, 6.07) is 0. The number of hydrogen-bond acceptors (Lipinski definition) is 6. The molecule has 0 unspecified atom stereocenters. The molecule has 0 aliphatic carbocycles. The minimum atomic E-state index is -0.787. The number of esters is 3. The SMILES string of the molecule is CCCCC/C=C\C/C=C\C/C=C\C/C=C\CCCCCC(=O)OC[C@H](COC(=O)CCCCCCCCCCCCC/C=C\CCCCCCCC)OC(=O)CCCCCCCCCCCCCCCCCCC. The predicted molar refractivity (Wildman–Crippen MR) is 325 cm³/mol. The lowest BCUT2D eigenvalue weighted by Crippen LogP contribution is -2.30. The van der Waals surface area contributed by atoms with Gasteiger partial charge in [0.05, 0.1) is 0 Å². The van der Waals surface area contributed by atoms with Gasteiger partial charge in [0, 0.05) is 19.3 Å². The van der Waals surface area contributed by atoms with E-state index in [1.807, 2.05) is 0 Å². The Labute approximate surface area is 466 Å². The summed E-state index contributed by atoms with van der Waals surface area (Å²) in [6.07, 6.45) is 80.8. The van der Waals surface area contributed by atoms with Crippen molar-refractivity contribution in [1.82, 2.24) is 0 Å². The van der Waals surface area contributed by atoms with Gasteiger partial charge in [0.2, 0.25) is 0 Å². The van der Waals surface area contributed by atoms with E-state index in [1.165, 1.54) is 218 Å². The first kappa shape index (κ1) is 72.1. The molecule has 0 saturated heterocycles. The van der Waals surface area contributed by atoms with Crippen LogP contribution in [-0.2, 0) is 28.6 Å². The lowest BCUT2D eigenvalue weighted by atomic mass is 10.0. The number of hydrogen-bond donors (Lipinski definition) is 0. The van der Waals surface area contributed by atoms with E-state index in [-0.39, 0.29) is 31.1 Å². The monoisotopic (exact) mass is 1050 g/mol. The van der Waals surface area contributed by atoms with Crippen LogP contribution < -0.4 is 0 Å². The molecule has 0 aromatic rings. The molecule has 1 atom stereocenters. The maximum Gasteiger partial charge on any atom is 0.306 e. The van der Waals surface area contributed by atoms with Gasteiger partial charge in [-0.15, -0.1) is 0 Å². The van der Waals surface area contributed by atoms with Gasteiger partial charge >= 0.3 is 17.9 Å². The van der Waals surface area contributed by atoms with E-state index in [1.54, 1.807) is 0 Å². The number of unbranched alkanes of at least 4 members (excludes halogenated alkanes) is 39. The lowest BCUT2D eigenvalue weighted by molar-refractivity contribution is -0.167. The highest BCUT2D eigenvalue weighted by Crippen LogP contribution is 2.17. The molecule has 0 bridgehead atoms. The van der Waals surface area contributed by atoms with Crippen molar-refractivity contribution in [3.05, 3.63) is 60.8 Å². The van der Waals surface area contributed by atoms with Crippen molar-refractivity contribution >= 4 is 17.9 Å². The molecule has 75 heavy (non-hydrogen) atoms. The highest BCUT2D eigenvalue weighted by molar-refractivity contribution is 5.71. The zero-order valence-electron chi connectivity index (χ0n) is 50.1. The standard InChI is InChI=1S/C69H124O6/c1-4-7-10-13-16-19-22-25-28-31-33-34-36-39-41-44-47-50-53-56-59-62-68(71)74-65-66(75-69(72)63-60-57-54-51-48-45-42-37-30-27-24-21-18-15-12-9-6-3)64-73-67(70)61-58-55-52-49-46-43-40-38-35-32-29-26-23-20-17-14-11-8-5-2/h17,20,25-26,28-29,35,38,43,46,66H,4-16,18-19,21-24,27,30-34,36-37,39-42,44-45,47-65H2,1-3H3/b20-17-,28-25-,29-26-,38-35-,46-43-/t66-/m1/s1. The second-order valence-corrected chi connectivity index (χ2v) is 22.0. The third-order valence-corrected chi connectivity index (χ3v) is 14.5. The second-order valence-electron chi connectivity index (χ2n) is 22.0. The van der Waals surface area contributed by atoms with Gasteiger partial charge in [0.15, 0.2) is 6.10 Å². The van der Waals surface area contributed by atoms with Crippen LogP contribution in [0, 0.1) is 0 Å². The molecule has 0 rings (SSSR count). The van der Waals surface area contributed by atoms with E-state index < -0.39 is 6.10 Å². The van der Waals surface area contributed by atoms with E-state index >= 15 is 0 Å². The largest absolute Gasteiger partial charge is 0.462 e. The summed E-state index contributed by atoms with van der Waals surface area (Å²) >= 11 is 0. The van der Waals surface area contributed by atoms with Crippen LogP contribution in [0.2, 0.25) is 0 Å². The number of carbonyl (C=O) groups is 3. The van der Waals surface area contributed by atoms with E-state index in [0.29, 0.717) is 19.3 Å². The van der Waals surface area contributed by atoms with Crippen molar-refractivity contribution in [2.75, 3.05) is 13.2 Å². The third kappa shape index (κ3) is 61.8. The second kappa shape index (κ2) is 63.6. The highest BCUT2D eigenvalue weighted by Gasteiger charge is 2.19. The molecule has 0 aromatic carbocycles. The molecule has 0 aromatic heterocycles. The van der Waals surface area contributed by atoms with Gasteiger partial charge in [-0.2, -0.15) is 0 Å². The van der Waals surface area contributed by atoms with Crippen LogP contribution in [0.4, 0.5) is 0 Å². The Morgan fingerprint density at radius 2 is 0.480 bits per heavy atom. The number of allylic oxidation sites excluding steroid dienone is 10. The van der Waals surface area contributed by atoms with Gasteiger partial charge in [-0.05, 0) is 89.9 Å². The zero-order valence-corrected chi connectivity index (χ0v) is 50.1. The maximum absolute atomic E-state index is 12.9. The van der Waals surface area contributed by atoms with Crippen molar-refractivity contribution in [2.45, 2.75) is 348 Å². The van der Waals surface area contributed by atoms with Crippen LogP contribution in [-0.4, -0.2) is 37.2 Å². The van der Waals surface area contributed by atoms with Crippen LogP contribution in [0.15, 0.2) is 60.8 Å². The lowest BCUT2D eigenvalue weighted by Gasteiger charge is -2.18. The fourth-order valence-electron chi connectivity index (χ4n) is 9.54. The van der Waals surface area contributed by atoms with Gasteiger partial charge in [-0.25, -0.2) is 0 Å². The molecule has 0 aliphatic heterocycles. The van der Waals surface area contributed by atoms with Crippen LogP contribution >= 0.6 is 0 Å². The molecule has 0 heterocycles. The maximum atomic E-state index is 12.9. The van der Waals surface area contributed by atoms with Gasteiger partial charge in [0.1, 0.15) is 13.2 Å². The van der Waals surface area contributed by atoms with Crippen LogP contribution in [0.25, 0.3) is 0 Å². The van der Waals surface area contributed by atoms with Gasteiger partial charge < -0.3 is 14.2 Å². The molecule has 0 spiro atoms. The van der Waals surface area contributed by atoms with Crippen LogP contribution in [0.5, 0.6) is 0 Å². The first-order valence-corrected chi connectivity index (χ1v) is 32.8. The van der Waals surface area contributed by atoms with Crippen LogP contribution in [0.3, 0.4) is 0 Å². The molecule has 0 fully saturated rings. The molecule has 0 N–H and O–H groups in total. The van der Waals surface area contributed by atoms with Crippen molar-refractivity contribution in [3.8, 4) is 0 Å². The van der Waals surface area contributed by atoms with E-state index in [9.17, 15) is 14.4 Å². The van der Waals surface area contributed by atoms with Gasteiger partial charge in [-0.3, -0.25) is 14.4 Å². The Morgan fingerprint density at radius 1 is 0.267 bits per heavy atom. The van der Waals surface area contributed by atoms with E-state index in [4.69, 9.17) is 14.2 Å². The van der Waals surface area contributed by atoms with Crippen molar-refractivity contribution in [3.63, 3.8) is 0 Å². The van der Waals surface area contributed by atoms with Crippen molar-refractivity contribution in [2.24, 2.45) is 0 Å². The topological polar surface area (TPSA) is 78.9 Å². The Balaban J connectivity index is 4.38. The van der Waals surface area contributed by atoms with Crippen molar-refractivity contribution < 1.29 is 28.6 Å². The fraction of sp³-hybridized carbons (Fsp3) is 0.812. The van der Waals surface area contributed by atoms with E-state index in [0.717, 1.165) is 83.5 Å². The summed E-state index contributed by atoms with van der Waals surface area (Å²) in [4.78, 5) is 38.4. The summed E-state index contributed by atoms with van der Waals surface area (Å²) in [5.74, 6) is -0.893. The number of ether oxygens (including phenoxy) is 3. The Bertz CT molecular complexity index is 1340. The smallest absolute Gasteiger partial charge is 0.306 e. The average molecular weight is 1050 g/mol. The third-order valence-electron chi connectivity index (χ3n) is 14.5. The Hall–Kier alpha value is -2.89. The van der Waals surface area contributed by atoms with Gasteiger partial charge in [0.25, 0.3) is 0 Å². The first-order valence-electron chi connectivity index (χ1n) is 32.8. The normalized spacial score (nSPS) is 12.4. The summed E-state index contributed by atoms with van der Waals surface area (Å²) in [7, 11) is 0. The molecule has 0 amide bonds. The van der Waals surface area contributed by atoms with Crippen LogP contribution in [0.1, 0.15) is 342 Å². The minimum Gasteiger partial charge on any atom is -0.462 e. The quantitative estimate of drug-likeness (QED) is 0.0261. The molecule has 0 radical (unpaired) electrons. The van der Waals surface area contributed by atoms with Crippen molar-refractivity contribution in [1.29, 1.82) is 0 Å². The first-order chi connectivity index (χ1) is 37.0. The number of rotatable bonds is 60. The summed E-state index contributed by atoms with van der Waals surface area (Å²) in [6.45, 7) is 6.63. The Kier molecular flexibility index (Phi) is 61.2. The minimum absolute atomic E-state index is 0.0814. The zero-order chi connectivity index (χ0) is 54.3. The molecule has 0 saturated carbocycles. The molecule has 436 valence electrons. The predicted octanol–water partition coefficient (Wildman–Crippen LogP) is 22.3. The molecular weight excluding hydrogens is 925 g/mol. The van der Waals surface area contributed by atoms with Gasteiger partial charge in [-0.1, -0.05) is 293 Å². The molecule has 6 heteroatoms. The highest BCUT2D eigenvalue weighted by atomic mass is 16.6.